The molecule has 0 aliphatic heterocycles. The van der Waals surface area contributed by atoms with Gasteiger partial charge in [-0.05, 0) is 86.9 Å². The number of fused-ring (bicyclic) bond motifs is 4. The van der Waals surface area contributed by atoms with Gasteiger partial charge in [0.1, 0.15) is 0 Å². The van der Waals surface area contributed by atoms with Gasteiger partial charge in [-0.2, -0.15) is 0 Å². The molecule has 2 fully saturated rings. The minimum atomic E-state index is -0.460. The summed E-state index contributed by atoms with van der Waals surface area (Å²) in [5.74, 6) is 0.715. The average Bonchev–Trinajstić information content (AvgIpc) is 3.57. The van der Waals surface area contributed by atoms with Crippen LogP contribution >= 0.6 is 0 Å². The minimum Gasteiger partial charge on any atom is -0.369 e. The summed E-state index contributed by atoms with van der Waals surface area (Å²) in [4.78, 5) is 25.2. The molecule has 0 radical (unpaired) electrons. The molecule has 2 saturated carbocycles. The number of carbonyl (C=O) groups excluding carboxylic acids is 2. The highest BCUT2D eigenvalue weighted by molar-refractivity contribution is 5.86. The fraction of sp³-hybridized carbons (Fsp3) is 0.667. The van der Waals surface area contributed by atoms with Crippen LogP contribution in [0.1, 0.15) is 89.9 Å². The third-order valence-electron chi connectivity index (χ3n) is 10.3. The SMILES string of the molecule is C=CCCC1(CCCCCCC2(CCC=C)CC3C=CC2(C(N)=O)C3)CC2C=CC1(C(N)=O)C2. The summed E-state index contributed by atoms with van der Waals surface area (Å²) in [6, 6.07) is 0. The van der Waals surface area contributed by atoms with Crippen molar-refractivity contribution >= 4 is 11.8 Å². The molecule has 4 heteroatoms. The lowest BCUT2D eigenvalue weighted by atomic mass is 9.59. The lowest BCUT2D eigenvalue weighted by Gasteiger charge is -2.44. The molecule has 0 spiro atoms. The Morgan fingerprint density at radius 3 is 1.44 bits per heavy atom. The van der Waals surface area contributed by atoms with Crippen LogP contribution < -0.4 is 11.5 Å². The zero-order valence-electron chi connectivity index (χ0n) is 20.9. The van der Waals surface area contributed by atoms with Gasteiger partial charge in [0.05, 0.1) is 10.8 Å². The first-order valence-electron chi connectivity index (χ1n) is 13.5. The van der Waals surface area contributed by atoms with Crippen LogP contribution in [-0.2, 0) is 9.59 Å². The standard InChI is InChI=1S/C30H44N2O2/c1-3-5-13-27(19-23-11-17-29(27,21-23)25(31)33)15-9-7-8-10-16-28(14-6-4-2)20-24-12-18-30(28,22-24)26(32)34/h3-4,11-12,17-18,23-24H,1-2,5-10,13-16,19-22H2,(H2,31,33)(H2,32,34). The normalized spacial score (nSPS) is 39.1. The molecule has 2 amide bonds. The Hall–Kier alpha value is -2.10. The molecular weight excluding hydrogens is 420 g/mol. The van der Waals surface area contributed by atoms with Gasteiger partial charge in [0.15, 0.2) is 0 Å². The molecule has 6 unspecified atom stereocenters. The number of amides is 2. The fourth-order valence-electron chi connectivity index (χ4n) is 8.61. The van der Waals surface area contributed by atoms with Gasteiger partial charge in [-0.3, -0.25) is 9.59 Å². The summed E-state index contributed by atoms with van der Waals surface area (Å²) in [5.41, 5.74) is 11.0. The molecule has 0 saturated heterocycles. The van der Waals surface area contributed by atoms with E-state index in [2.05, 4.69) is 37.5 Å². The Labute approximate surface area is 206 Å². The highest BCUT2D eigenvalue weighted by Crippen LogP contribution is 2.66. The Bertz CT molecular complexity index is 818. The van der Waals surface area contributed by atoms with Gasteiger partial charge < -0.3 is 11.5 Å². The van der Waals surface area contributed by atoms with Crippen molar-refractivity contribution in [3.05, 3.63) is 49.6 Å². The lowest BCUT2D eigenvalue weighted by Crippen LogP contribution is -2.46. The molecule has 4 rings (SSSR count). The first kappa shape index (κ1) is 25.0. The molecular formula is C30H44N2O2. The van der Waals surface area contributed by atoms with Crippen molar-refractivity contribution in [2.24, 2.45) is 45.0 Å². The van der Waals surface area contributed by atoms with Crippen LogP contribution in [0.5, 0.6) is 0 Å². The van der Waals surface area contributed by atoms with Crippen molar-refractivity contribution in [1.82, 2.24) is 0 Å². The van der Waals surface area contributed by atoms with Crippen molar-refractivity contribution in [3.63, 3.8) is 0 Å². The molecule has 4 aliphatic carbocycles. The van der Waals surface area contributed by atoms with Crippen LogP contribution in [0.4, 0.5) is 0 Å². The van der Waals surface area contributed by atoms with Gasteiger partial charge in [-0.25, -0.2) is 0 Å². The fourth-order valence-corrected chi connectivity index (χ4v) is 8.61. The second kappa shape index (κ2) is 9.51. The summed E-state index contributed by atoms with van der Waals surface area (Å²) in [6.07, 6.45) is 27.2. The van der Waals surface area contributed by atoms with Gasteiger partial charge in [-0.1, -0.05) is 62.1 Å². The van der Waals surface area contributed by atoms with Gasteiger partial charge in [-0.15, -0.1) is 13.2 Å². The molecule has 0 heterocycles. The molecule has 6 atom stereocenters. The first-order chi connectivity index (χ1) is 16.3. The second-order valence-corrected chi connectivity index (χ2v) is 11.9. The van der Waals surface area contributed by atoms with Crippen molar-refractivity contribution < 1.29 is 9.59 Å². The van der Waals surface area contributed by atoms with E-state index in [1.165, 1.54) is 0 Å². The van der Waals surface area contributed by atoms with E-state index in [0.29, 0.717) is 11.8 Å². The summed E-state index contributed by atoms with van der Waals surface area (Å²) in [5, 5.41) is 0. The van der Waals surface area contributed by atoms with Crippen LogP contribution in [0.2, 0.25) is 0 Å². The lowest BCUT2D eigenvalue weighted by molar-refractivity contribution is -0.131. The zero-order chi connectivity index (χ0) is 24.5. The van der Waals surface area contributed by atoms with Crippen molar-refractivity contribution in [1.29, 1.82) is 0 Å². The predicted octanol–water partition coefficient (Wildman–Crippen LogP) is 6.14. The van der Waals surface area contributed by atoms with E-state index in [1.54, 1.807) is 0 Å². The number of rotatable bonds is 15. The van der Waals surface area contributed by atoms with Gasteiger partial charge in [0.25, 0.3) is 0 Å². The first-order valence-corrected chi connectivity index (χ1v) is 13.5. The Morgan fingerprint density at radius 2 is 1.12 bits per heavy atom. The van der Waals surface area contributed by atoms with Gasteiger partial charge >= 0.3 is 0 Å². The molecule has 186 valence electrons. The molecule has 4 N–H and O–H groups in total. The maximum Gasteiger partial charge on any atom is 0.228 e. The smallest absolute Gasteiger partial charge is 0.228 e. The van der Waals surface area contributed by atoms with Crippen LogP contribution in [0.25, 0.3) is 0 Å². The van der Waals surface area contributed by atoms with Gasteiger partial charge in [0, 0.05) is 0 Å². The zero-order valence-corrected chi connectivity index (χ0v) is 20.9. The van der Waals surface area contributed by atoms with E-state index < -0.39 is 10.8 Å². The topological polar surface area (TPSA) is 86.2 Å². The third kappa shape index (κ3) is 3.82. The third-order valence-corrected chi connectivity index (χ3v) is 10.3. The molecule has 4 nitrogen and oxygen atoms in total. The van der Waals surface area contributed by atoms with Crippen LogP contribution in [0.3, 0.4) is 0 Å². The summed E-state index contributed by atoms with van der Waals surface area (Å²) in [7, 11) is 0. The average molecular weight is 465 g/mol. The van der Waals surface area contributed by atoms with E-state index in [9.17, 15) is 9.59 Å². The number of hydrogen-bond acceptors (Lipinski definition) is 2. The molecule has 4 bridgehead atoms. The molecule has 4 aliphatic rings. The van der Waals surface area contributed by atoms with Crippen molar-refractivity contribution in [3.8, 4) is 0 Å². The summed E-state index contributed by atoms with van der Waals surface area (Å²) >= 11 is 0. The van der Waals surface area contributed by atoms with Gasteiger partial charge in [0.2, 0.25) is 11.8 Å². The molecule has 0 aromatic rings. The number of primary amides is 2. The van der Waals surface area contributed by atoms with Crippen LogP contribution in [-0.4, -0.2) is 11.8 Å². The largest absolute Gasteiger partial charge is 0.369 e. The Kier molecular flexibility index (Phi) is 6.99. The second-order valence-electron chi connectivity index (χ2n) is 11.9. The number of unbranched alkanes of at least 4 members (excludes halogenated alkanes) is 3. The van der Waals surface area contributed by atoms with E-state index in [4.69, 9.17) is 11.5 Å². The highest BCUT2D eigenvalue weighted by atomic mass is 16.2. The molecule has 0 aromatic carbocycles. The number of carbonyl (C=O) groups is 2. The predicted molar refractivity (Wildman–Crippen MR) is 138 cm³/mol. The molecule has 0 aromatic heterocycles. The Morgan fingerprint density at radius 1 is 0.706 bits per heavy atom. The van der Waals surface area contributed by atoms with Crippen LogP contribution in [0.15, 0.2) is 49.6 Å². The van der Waals surface area contributed by atoms with E-state index >= 15 is 0 Å². The van der Waals surface area contributed by atoms with E-state index in [-0.39, 0.29) is 22.6 Å². The summed E-state index contributed by atoms with van der Waals surface area (Å²) in [6.45, 7) is 7.85. The van der Waals surface area contributed by atoms with Crippen molar-refractivity contribution in [2.45, 2.75) is 89.9 Å². The highest BCUT2D eigenvalue weighted by Gasteiger charge is 2.62. The Balaban J connectivity index is 1.35. The van der Waals surface area contributed by atoms with Crippen LogP contribution in [0, 0.1) is 33.5 Å². The molecule has 34 heavy (non-hydrogen) atoms. The van der Waals surface area contributed by atoms with E-state index in [0.717, 1.165) is 89.9 Å². The van der Waals surface area contributed by atoms with Crippen molar-refractivity contribution in [2.75, 3.05) is 0 Å². The monoisotopic (exact) mass is 464 g/mol. The van der Waals surface area contributed by atoms with E-state index in [1.807, 2.05) is 12.2 Å². The quantitative estimate of drug-likeness (QED) is 0.225. The minimum absolute atomic E-state index is 0.0109. The summed E-state index contributed by atoms with van der Waals surface area (Å²) < 4.78 is 0. The maximum atomic E-state index is 12.6. The number of hydrogen-bond donors (Lipinski definition) is 2. The number of allylic oxidation sites excluding steroid dienone is 4. The number of nitrogens with two attached hydrogens (primary N) is 2. The maximum absolute atomic E-state index is 12.6.